The minimum absolute atomic E-state index is 0.0210. The molecule has 3 nitrogen and oxygen atoms in total. The normalized spacial score (nSPS) is 10.2. The number of carbonyl (C=O) groups is 1. The van der Waals surface area contributed by atoms with E-state index in [0.29, 0.717) is 11.1 Å². The third kappa shape index (κ3) is 3.19. The average molecular weight is 254 g/mol. The number of benzene rings is 1. The number of carbonyl (C=O) groups excluding carboxylic acids is 1. The second-order valence-corrected chi connectivity index (χ2v) is 4.45. The van der Waals surface area contributed by atoms with E-state index in [4.69, 9.17) is 0 Å². The summed E-state index contributed by atoms with van der Waals surface area (Å²) in [7, 11) is 0. The van der Waals surface area contributed by atoms with Crippen molar-refractivity contribution in [2.24, 2.45) is 0 Å². The van der Waals surface area contributed by atoms with Crippen LogP contribution in [0, 0.1) is 6.92 Å². The Labute approximate surface area is 113 Å². The van der Waals surface area contributed by atoms with Crippen LogP contribution in [0.25, 0.3) is 0 Å². The lowest BCUT2D eigenvalue weighted by molar-refractivity contribution is 0.103. The number of aromatic nitrogens is 1. The monoisotopic (exact) mass is 254 g/mol. The lowest BCUT2D eigenvalue weighted by Gasteiger charge is -2.08. The molecule has 0 aliphatic rings. The van der Waals surface area contributed by atoms with E-state index in [0.717, 1.165) is 24.5 Å². The summed E-state index contributed by atoms with van der Waals surface area (Å²) in [6.45, 7) is 4.86. The molecular formula is C16H18N2O. The maximum atomic E-state index is 12.3. The van der Waals surface area contributed by atoms with Crippen molar-refractivity contribution in [3.8, 4) is 0 Å². The molecule has 1 aromatic heterocycles. The maximum Gasteiger partial charge on any atom is 0.194 e. The molecule has 1 heterocycles. The zero-order valence-electron chi connectivity index (χ0n) is 11.3. The molecule has 0 bridgehead atoms. The standard InChI is InChI=1S/C16H18N2O/c1-3-11-17-15-10-9-14(12(2)18-15)16(19)13-7-5-4-6-8-13/h4-10H,3,11H2,1-2H3,(H,17,18). The fraction of sp³-hybridized carbons (Fsp3) is 0.250. The smallest absolute Gasteiger partial charge is 0.194 e. The number of anilines is 1. The number of pyridine rings is 1. The van der Waals surface area contributed by atoms with Crippen LogP contribution in [0.3, 0.4) is 0 Å². The van der Waals surface area contributed by atoms with Crippen molar-refractivity contribution in [1.82, 2.24) is 4.98 Å². The summed E-state index contributed by atoms with van der Waals surface area (Å²) in [6.07, 6.45) is 1.05. The number of aryl methyl sites for hydroxylation is 1. The van der Waals surface area contributed by atoms with E-state index in [9.17, 15) is 4.79 Å². The predicted molar refractivity (Wildman–Crippen MR) is 77.6 cm³/mol. The van der Waals surface area contributed by atoms with E-state index in [1.54, 1.807) is 0 Å². The highest BCUT2D eigenvalue weighted by atomic mass is 16.1. The molecular weight excluding hydrogens is 236 g/mol. The van der Waals surface area contributed by atoms with Gasteiger partial charge in [-0.3, -0.25) is 4.79 Å². The molecule has 0 amide bonds. The van der Waals surface area contributed by atoms with Gasteiger partial charge in [0.1, 0.15) is 5.82 Å². The van der Waals surface area contributed by atoms with Crippen LogP contribution in [0.5, 0.6) is 0 Å². The number of nitrogens with one attached hydrogen (secondary N) is 1. The van der Waals surface area contributed by atoms with Crippen LogP contribution in [0.1, 0.15) is 35.0 Å². The summed E-state index contributed by atoms with van der Waals surface area (Å²) in [4.78, 5) is 16.8. The number of hydrogen-bond donors (Lipinski definition) is 1. The molecule has 2 aromatic rings. The number of nitrogens with zero attached hydrogens (tertiary/aromatic N) is 1. The summed E-state index contributed by atoms with van der Waals surface area (Å²) in [5.41, 5.74) is 2.12. The molecule has 3 heteroatoms. The van der Waals surface area contributed by atoms with Crippen LogP contribution in [-0.4, -0.2) is 17.3 Å². The lowest BCUT2D eigenvalue weighted by Crippen LogP contribution is -2.08. The van der Waals surface area contributed by atoms with Gasteiger partial charge in [-0.15, -0.1) is 0 Å². The first-order valence-corrected chi connectivity index (χ1v) is 6.53. The fourth-order valence-corrected chi connectivity index (χ4v) is 1.90. The number of ketones is 1. The molecule has 1 N–H and O–H groups in total. The minimum atomic E-state index is 0.0210. The van der Waals surface area contributed by atoms with E-state index in [1.165, 1.54) is 0 Å². The van der Waals surface area contributed by atoms with Gasteiger partial charge in [0.05, 0.1) is 5.69 Å². The molecule has 0 aliphatic heterocycles. The third-order valence-corrected chi connectivity index (χ3v) is 2.92. The third-order valence-electron chi connectivity index (χ3n) is 2.92. The van der Waals surface area contributed by atoms with Gasteiger partial charge in [0, 0.05) is 17.7 Å². The Hall–Kier alpha value is -2.16. The van der Waals surface area contributed by atoms with E-state index in [-0.39, 0.29) is 5.78 Å². The van der Waals surface area contributed by atoms with E-state index >= 15 is 0 Å². The second-order valence-electron chi connectivity index (χ2n) is 4.45. The molecule has 0 aliphatic carbocycles. The highest BCUT2D eigenvalue weighted by molar-refractivity contribution is 6.09. The van der Waals surface area contributed by atoms with Crippen molar-refractivity contribution in [3.05, 3.63) is 59.3 Å². The summed E-state index contributed by atoms with van der Waals surface area (Å²) in [5.74, 6) is 0.844. The summed E-state index contributed by atoms with van der Waals surface area (Å²) >= 11 is 0. The molecule has 19 heavy (non-hydrogen) atoms. The Bertz CT molecular complexity index is 564. The Morgan fingerprint density at radius 1 is 1.16 bits per heavy atom. The van der Waals surface area contributed by atoms with Crippen molar-refractivity contribution < 1.29 is 4.79 Å². The molecule has 2 rings (SSSR count). The summed E-state index contributed by atoms with van der Waals surface area (Å²) in [6, 6.07) is 13.0. The molecule has 0 fully saturated rings. The number of rotatable bonds is 5. The zero-order valence-corrected chi connectivity index (χ0v) is 11.3. The zero-order chi connectivity index (χ0) is 13.7. The van der Waals surface area contributed by atoms with Crippen molar-refractivity contribution in [3.63, 3.8) is 0 Å². The molecule has 1 aromatic carbocycles. The van der Waals surface area contributed by atoms with Gasteiger partial charge in [0.2, 0.25) is 0 Å². The van der Waals surface area contributed by atoms with Gasteiger partial charge in [-0.1, -0.05) is 37.3 Å². The van der Waals surface area contributed by atoms with Crippen LogP contribution >= 0.6 is 0 Å². The van der Waals surface area contributed by atoms with Crippen LogP contribution < -0.4 is 5.32 Å². The first kappa shape index (κ1) is 13.3. The van der Waals surface area contributed by atoms with Gasteiger partial charge in [0.15, 0.2) is 5.78 Å². The second kappa shape index (κ2) is 6.14. The summed E-state index contributed by atoms with van der Waals surface area (Å²) < 4.78 is 0. The van der Waals surface area contributed by atoms with Gasteiger partial charge in [-0.05, 0) is 25.5 Å². The molecule has 0 spiro atoms. The molecule has 0 unspecified atom stereocenters. The molecule has 0 radical (unpaired) electrons. The predicted octanol–water partition coefficient (Wildman–Crippen LogP) is 3.44. The molecule has 0 saturated heterocycles. The fourth-order valence-electron chi connectivity index (χ4n) is 1.90. The maximum absolute atomic E-state index is 12.3. The molecule has 0 saturated carbocycles. The Kier molecular flexibility index (Phi) is 4.29. The highest BCUT2D eigenvalue weighted by Gasteiger charge is 2.12. The van der Waals surface area contributed by atoms with Gasteiger partial charge < -0.3 is 5.32 Å². The summed E-state index contributed by atoms with van der Waals surface area (Å²) in [5, 5.41) is 3.22. The Morgan fingerprint density at radius 2 is 1.89 bits per heavy atom. The van der Waals surface area contributed by atoms with Crippen LogP contribution in [0.2, 0.25) is 0 Å². The van der Waals surface area contributed by atoms with Crippen molar-refractivity contribution >= 4 is 11.6 Å². The SMILES string of the molecule is CCCNc1ccc(C(=O)c2ccccc2)c(C)n1. The largest absolute Gasteiger partial charge is 0.370 e. The lowest BCUT2D eigenvalue weighted by atomic mass is 10.0. The van der Waals surface area contributed by atoms with Gasteiger partial charge in [-0.25, -0.2) is 4.98 Å². The van der Waals surface area contributed by atoms with Gasteiger partial charge >= 0.3 is 0 Å². The van der Waals surface area contributed by atoms with Gasteiger partial charge in [0.25, 0.3) is 0 Å². The van der Waals surface area contributed by atoms with E-state index in [2.05, 4.69) is 17.2 Å². The highest BCUT2D eigenvalue weighted by Crippen LogP contribution is 2.15. The average Bonchev–Trinajstić information content (AvgIpc) is 2.45. The molecule has 98 valence electrons. The minimum Gasteiger partial charge on any atom is -0.370 e. The Balaban J connectivity index is 2.24. The van der Waals surface area contributed by atoms with Crippen molar-refractivity contribution in [1.29, 1.82) is 0 Å². The molecule has 0 atom stereocenters. The van der Waals surface area contributed by atoms with Crippen LogP contribution in [-0.2, 0) is 0 Å². The first-order chi connectivity index (χ1) is 9.22. The topological polar surface area (TPSA) is 42.0 Å². The quantitative estimate of drug-likeness (QED) is 0.831. The van der Waals surface area contributed by atoms with Crippen LogP contribution in [0.15, 0.2) is 42.5 Å². The van der Waals surface area contributed by atoms with E-state index in [1.807, 2.05) is 49.4 Å². The first-order valence-electron chi connectivity index (χ1n) is 6.53. The van der Waals surface area contributed by atoms with Crippen LogP contribution in [0.4, 0.5) is 5.82 Å². The number of hydrogen-bond acceptors (Lipinski definition) is 3. The van der Waals surface area contributed by atoms with Crippen molar-refractivity contribution in [2.45, 2.75) is 20.3 Å². The van der Waals surface area contributed by atoms with Gasteiger partial charge in [-0.2, -0.15) is 0 Å². The Morgan fingerprint density at radius 3 is 2.53 bits per heavy atom. The van der Waals surface area contributed by atoms with Crippen molar-refractivity contribution in [2.75, 3.05) is 11.9 Å². The van der Waals surface area contributed by atoms with E-state index < -0.39 is 0 Å².